The first-order chi connectivity index (χ1) is 9.52. The van der Waals surface area contributed by atoms with Crippen molar-refractivity contribution < 1.29 is 8.42 Å². The summed E-state index contributed by atoms with van der Waals surface area (Å²) in [5.74, 6) is 0.520. The van der Waals surface area contributed by atoms with Gasteiger partial charge in [-0.15, -0.1) is 0 Å². The molecule has 0 spiro atoms. The van der Waals surface area contributed by atoms with Crippen molar-refractivity contribution in [3.63, 3.8) is 0 Å². The Labute approximate surface area is 120 Å². The molecule has 1 aliphatic carbocycles. The summed E-state index contributed by atoms with van der Waals surface area (Å²) in [6.45, 7) is 2.15. The van der Waals surface area contributed by atoms with E-state index in [0.717, 1.165) is 31.2 Å². The third-order valence-corrected chi connectivity index (χ3v) is 6.95. The Morgan fingerprint density at radius 1 is 1.40 bits per heavy atom. The van der Waals surface area contributed by atoms with Crippen molar-refractivity contribution in [3.8, 4) is 6.07 Å². The SMILES string of the molecule is CCC1CCC(C#N)(C2CS(=O)(=O)c3ccccc32)C1. The van der Waals surface area contributed by atoms with Crippen LogP contribution in [0, 0.1) is 22.7 Å². The molecule has 1 aromatic carbocycles. The Hall–Kier alpha value is -1.34. The summed E-state index contributed by atoms with van der Waals surface area (Å²) in [6, 6.07) is 9.72. The van der Waals surface area contributed by atoms with E-state index < -0.39 is 15.3 Å². The maximum absolute atomic E-state index is 12.3. The molecule has 1 aromatic rings. The molecule has 3 rings (SSSR count). The lowest BCUT2D eigenvalue weighted by Gasteiger charge is -2.28. The van der Waals surface area contributed by atoms with E-state index in [0.29, 0.717) is 10.8 Å². The smallest absolute Gasteiger partial charge is 0.179 e. The van der Waals surface area contributed by atoms with E-state index in [4.69, 9.17) is 0 Å². The van der Waals surface area contributed by atoms with Crippen LogP contribution in [0.2, 0.25) is 0 Å². The molecule has 1 heterocycles. The van der Waals surface area contributed by atoms with Gasteiger partial charge in [0.15, 0.2) is 9.84 Å². The summed E-state index contributed by atoms with van der Waals surface area (Å²) in [4.78, 5) is 0.444. The summed E-state index contributed by atoms with van der Waals surface area (Å²) < 4.78 is 24.6. The van der Waals surface area contributed by atoms with Crippen LogP contribution in [0.3, 0.4) is 0 Å². The molecule has 0 aromatic heterocycles. The number of hydrogen-bond acceptors (Lipinski definition) is 3. The number of fused-ring (bicyclic) bond motifs is 1. The van der Waals surface area contributed by atoms with Crippen LogP contribution in [0.4, 0.5) is 0 Å². The summed E-state index contributed by atoms with van der Waals surface area (Å²) in [5, 5.41) is 9.74. The van der Waals surface area contributed by atoms with Crippen molar-refractivity contribution >= 4 is 9.84 Å². The van der Waals surface area contributed by atoms with Gasteiger partial charge >= 0.3 is 0 Å². The molecule has 2 aliphatic rings. The van der Waals surface area contributed by atoms with E-state index in [9.17, 15) is 13.7 Å². The second-order valence-electron chi connectivity index (χ2n) is 6.16. The van der Waals surface area contributed by atoms with Crippen LogP contribution in [0.25, 0.3) is 0 Å². The number of sulfone groups is 1. The van der Waals surface area contributed by atoms with Gasteiger partial charge in [-0.05, 0) is 36.8 Å². The monoisotopic (exact) mass is 289 g/mol. The van der Waals surface area contributed by atoms with E-state index in [-0.39, 0.29) is 11.7 Å². The van der Waals surface area contributed by atoms with Crippen molar-refractivity contribution in [2.24, 2.45) is 11.3 Å². The Bertz CT molecular complexity index is 674. The number of nitriles is 1. The Morgan fingerprint density at radius 3 is 2.80 bits per heavy atom. The third-order valence-electron chi connectivity index (χ3n) is 5.13. The molecule has 1 fully saturated rings. The summed E-state index contributed by atoms with van der Waals surface area (Å²) in [7, 11) is -3.22. The Kier molecular flexibility index (Phi) is 3.13. The van der Waals surface area contributed by atoms with Gasteiger partial charge in [0.2, 0.25) is 0 Å². The average Bonchev–Trinajstić information content (AvgIpc) is 3.00. The van der Waals surface area contributed by atoms with Crippen molar-refractivity contribution in [2.45, 2.75) is 43.4 Å². The van der Waals surface area contributed by atoms with Crippen LogP contribution in [0.15, 0.2) is 29.2 Å². The maximum atomic E-state index is 12.3. The molecule has 0 saturated heterocycles. The van der Waals surface area contributed by atoms with E-state index in [1.165, 1.54) is 0 Å². The molecule has 1 aliphatic heterocycles. The van der Waals surface area contributed by atoms with Crippen molar-refractivity contribution in [2.75, 3.05) is 5.75 Å². The highest BCUT2D eigenvalue weighted by atomic mass is 32.2. The highest BCUT2D eigenvalue weighted by Gasteiger charge is 2.51. The van der Waals surface area contributed by atoms with Gasteiger partial charge < -0.3 is 0 Å². The predicted molar refractivity (Wildman–Crippen MR) is 76.9 cm³/mol. The van der Waals surface area contributed by atoms with Crippen molar-refractivity contribution in [1.29, 1.82) is 5.26 Å². The van der Waals surface area contributed by atoms with Gasteiger partial charge in [0.25, 0.3) is 0 Å². The average molecular weight is 289 g/mol. The first-order valence-electron chi connectivity index (χ1n) is 7.25. The molecular weight excluding hydrogens is 270 g/mol. The molecule has 0 bridgehead atoms. The van der Waals surface area contributed by atoms with Crippen LogP contribution >= 0.6 is 0 Å². The minimum Gasteiger partial charge on any atom is -0.224 e. The number of hydrogen-bond donors (Lipinski definition) is 0. The second kappa shape index (κ2) is 4.60. The van der Waals surface area contributed by atoms with Gasteiger partial charge in [0.1, 0.15) is 0 Å². The first-order valence-corrected chi connectivity index (χ1v) is 8.90. The van der Waals surface area contributed by atoms with Crippen LogP contribution in [0.1, 0.15) is 44.1 Å². The lowest BCUT2D eigenvalue weighted by Crippen LogP contribution is -2.26. The lowest BCUT2D eigenvalue weighted by molar-refractivity contribution is 0.326. The Balaban J connectivity index is 2.07. The van der Waals surface area contributed by atoms with Gasteiger partial charge in [0, 0.05) is 5.92 Å². The zero-order valence-electron chi connectivity index (χ0n) is 11.7. The number of benzene rings is 1. The van der Waals surface area contributed by atoms with E-state index in [1.807, 2.05) is 12.1 Å². The number of rotatable bonds is 2. The molecule has 106 valence electrons. The van der Waals surface area contributed by atoms with E-state index in [2.05, 4.69) is 13.0 Å². The molecule has 0 N–H and O–H groups in total. The number of nitrogens with zero attached hydrogens (tertiary/aromatic N) is 1. The van der Waals surface area contributed by atoms with Crippen LogP contribution in [-0.4, -0.2) is 14.2 Å². The fourth-order valence-electron chi connectivity index (χ4n) is 3.93. The van der Waals surface area contributed by atoms with E-state index >= 15 is 0 Å². The van der Waals surface area contributed by atoms with Gasteiger partial charge in [-0.2, -0.15) is 5.26 Å². The molecule has 20 heavy (non-hydrogen) atoms. The first kappa shape index (κ1) is 13.6. The largest absolute Gasteiger partial charge is 0.224 e. The molecule has 3 atom stereocenters. The molecule has 0 radical (unpaired) electrons. The van der Waals surface area contributed by atoms with Gasteiger partial charge in [-0.1, -0.05) is 31.5 Å². The second-order valence-corrected chi connectivity index (χ2v) is 8.16. The zero-order valence-corrected chi connectivity index (χ0v) is 12.5. The van der Waals surface area contributed by atoms with Crippen molar-refractivity contribution in [1.82, 2.24) is 0 Å². The molecular formula is C16H19NO2S. The molecule has 4 heteroatoms. The van der Waals surface area contributed by atoms with Gasteiger partial charge in [0.05, 0.1) is 22.1 Å². The van der Waals surface area contributed by atoms with Gasteiger partial charge in [-0.25, -0.2) is 8.42 Å². The molecule has 0 amide bonds. The maximum Gasteiger partial charge on any atom is 0.179 e. The summed E-state index contributed by atoms with van der Waals surface area (Å²) >= 11 is 0. The fourth-order valence-corrected chi connectivity index (χ4v) is 5.91. The Morgan fingerprint density at radius 2 is 2.15 bits per heavy atom. The van der Waals surface area contributed by atoms with Crippen LogP contribution in [-0.2, 0) is 9.84 Å². The summed E-state index contributed by atoms with van der Waals surface area (Å²) in [5.41, 5.74) is 0.381. The van der Waals surface area contributed by atoms with Crippen LogP contribution in [0.5, 0.6) is 0 Å². The summed E-state index contributed by atoms with van der Waals surface area (Å²) in [6.07, 6.45) is 3.79. The predicted octanol–water partition coefficient (Wildman–Crippen LogP) is 3.28. The molecule has 3 unspecified atom stereocenters. The van der Waals surface area contributed by atoms with E-state index in [1.54, 1.807) is 12.1 Å². The zero-order chi connectivity index (χ0) is 14.4. The topological polar surface area (TPSA) is 57.9 Å². The molecule has 1 saturated carbocycles. The standard InChI is InChI=1S/C16H19NO2S/c1-2-12-7-8-16(9-12,11-17)14-10-20(18,19)15-6-4-3-5-13(14)15/h3-6,12,14H,2,7-10H2,1H3. The quantitative estimate of drug-likeness (QED) is 0.839. The normalized spacial score (nSPS) is 34.6. The molecule has 3 nitrogen and oxygen atoms in total. The minimum absolute atomic E-state index is 0.107. The fraction of sp³-hybridized carbons (Fsp3) is 0.562. The van der Waals surface area contributed by atoms with Crippen LogP contribution < -0.4 is 0 Å². The van der Waals surface area contributed by atoms with Crippen molar-refractivity contribution in [3.05, 3.63) is 29.8 Å². The van der Waals surface area contributed by atoms with Gasteiger partial charge in [-0.3, -0.25) is 0 Å². The highest BCUT2D eigenvalue weighted by Crippen LogP contribution is 2.55. The highest BCUT2D eigenvalue weighted by molar-refractivity contribution is 7.91. The minimum atomic E-state index is -3.22. The lowest BCUT2D eigenvalue weighted by atomic mass is 9.72. The third kappa shape index (κ3) is 1.88.